The Labute approximate surface area is 115 Å². The van der Waals surface area contributed by atoms with Gasteiger partial charge in [0.1, 0.15) is 6.33 Å². The summed E-state index contributed by atoms with van der Waals surface area (Å²) in [6.07, 6.45) is 4.37. The molecule has 0 amide bonds. The summed E-state index contributed by atoms with van der Waals surface area (Å²) < 4.78 is 1.87. The Balaban J connectivity index is 1.95. The van der Waals surface area contributed by atoms with Crippen molar-refractivity contribution in [3.63, 3.8) is 0 Å². The molecule has 0 spiro atoms. The van der Waals surface area contributed by atoms with Crippen LogP contribution >= 0.6 is 11.8 Å². The smallest absolute Gasteiger partial charge is 0.328 e. The van der Waals surface area contributed by atoms with Crippen molar-refractivity contribution in [3.8, 4) is 0 Å². The molecular weight excluding hydrogens is 262 g/mol. The van der Waals surface area contributed by atoms with Crippen LogP contribution in [-0.2, 0) is 17.6 Å². The Kier molecular flexibility index (Phi) is 4.35. The lowest BCUT2D eigenvalue weighted by molar-refractivity contribution is -0.131. The van der Waals surface area contributed by atoms with Crippen LogP contribution < -0.4 is 0 Å². The van der Waals surface area contributed by atoms with Crippen LogP contribution in [0, 0.1) is 0 Å². The van der Waals surface area contributed by atoms with Crippen LogP contribution in [0.15, 0.2) is 41.8 Å². The van der Waals surface area contributed by atoms with Crippen molar-refractivity contribution in [3.05, 3.63) is 47.8 Å². The van der Waals surface area contributed by atoms with Crippen LogP contribution in [0.2, 0.25) is 0 Å². The average Bonchev–Trinajstić information content (AvgIpc) is 2.81. The zero-order valence-corrected chi connectivity index (χ0v) is 11.2. The highest BCUT2D eigenvalue weighted by Crippen LogP contribution is 2.20. The minimum atomic E-state index is -0.943. The Hall–Kier alpha value is -2.08. The van der Waals surface area contributed by atoms with Crippen LogP contribution in [0.1, 0.15) is 11.1 Å². The second kappa shape index (κ2) is 6.19. The monoisotopic (exact) mass is 275 g/mol. The molecule has 0 aliphatic rings. The van der Waals surface area contributed by atoms with Crippen molar-refractivity contribution in [2.75, 3.05) is 0 Å². The largest absolute Gasteiger partial charge is 0.478 e. The van der Waals surface area contributed by atoms with Crippen LogP contribution in [0.5, 0.6) is 0 Å². The lowest BCUT2D eigenvalue weighted by Gasteiger charge is -2.01. The molecule has 19 heavy (non-hydrogen) atoms. The van der Waals surface area contributed by atoms with E-state index in [1.54, 1.807) is 24.2 Å². The zero-order chi connectivity index (χ0) is 13.7. The van der Waals surface area contributed by atoms with Crippen molar-refractivity contribution in [1.82, 2.24) is 14.8 Å². The zero-order valence-electron chi connectivity index (χ0n) is 10.4. The number of hydrogen-bond donors (Lipinski definition) is 1. The first-order chi connectivity index (χ1) is 9.15. The van der Waals surface area contributed by atoms with Crippen molar-refractivity contribution in [2.45, 2.75) is 10.9 Å². The van der Waals surface area contributed by atoms with Crippen LogP contribution in [0.3, 0.4) is 0 Å². The second-order valence-corrected chi connectivity index (χ2v) is 4.87. The Morgan fingerprint density at radius 3 is 2.74 bits per heavy atom. The first-order valence-electron chi connectivity index (χ1n) is 5.62. The molecule has 1 aromatic heterocycles. The summed E-state index contributed by atoms with van der Waals surface area (Å²) >= 11 is 1.61. The van der Waals surface area contributed by atoms with Crippen molar-refractivity contribution in [2.24, 2.45) is 7.05 Å². The minimum Gasteiger partial charge on any atom is -0.478 e. The maximum atomic E-state index is 10.4. The predicted molar refractivity (Wildman–Crippen MR) is 73.7 cm³/mol. The number of aromatic nitrogens is 3. The molecule has 0 aliphatic heterocycles. The fourth-order valence-electron chi connectivity index (χ4n) is 1.44. The summed E-state index contributed by atoms with van der Waals surface area (Å²) in [6, 6.07) is 7.74. The molecule has 1 aromatic carbocycles. The molecule has 98 valence electrons. The van der Waals surface area contributed by atoms with Gasteiger partial charge < -0.3 is 9.67 Å². The third-order valence-corrected chi connectivity index (χ3v) is 3.54. The number of aliphatic carboxylic acids is 1. The normalized spacial score (nSPS) is 11.0. The number of carbonyl (C=O) groups is 1. The number of benzene rings is 1. The molecule has 0 aliphatic carbocycles. The quantitative estimate of drug-likeness (QED) is 0.669. The van der Waals surface area contributed by atoms with E-state index >= 15 is 0 Å². The molecule has 1 N–H and O–H groups in total. The Bertz CT molecular complexity index is 590. The maximum Gasteiger partial charge on any atom is 0.328 e. The van der Waals surface area contributed by atoms with E-state index in [9.17, 15) is 4.79 Å². The lowest BCUT2D eigenvalue weighted by atomic mass is 10.1. The highest BCUT2D eigenvalue weighted by Gasteiger charge is 2.01. The number of thioether (sulfide) groups is 1. The minimum absolute atomic E-state index is 0.801. The first kappa shape index (κ1) is 13.4. The molecule has 2 aromatic rings. The standard InChI is InChI=1S/C13H13N3O2S/c1-16-9-14-15-13(16)19-8-11-4-2-10(3-5-11)6-7-12(17)18/h2-7,9H,8H2,1H3,(H,17,18)/b7-6+. The Morgan fingerprint density at radius 2 is 2.16 bits per heavy atom. The van der Waals surface area contributed by atoms with Gasteiger partial charge in [0.25, 0.3) is 0 Å². The van der Waals surface area contributed by atoms with Gasteiger partial charge in [0, 0.05) is 18.9 Å². The van der Waals surface area contributed by atoms with E-state index in [1.165, 1.54) is 0 Å². The van der Waals surface area contributed by atoms with E-state index < -0.39 is 5.97 Å². The molecule has 2 rings (SSSR count). The van der Waals surface area contributed by atoms with E-state index in [1.807, 2.05) is 35.9 Å². The Morgan fingerprint density at radius 1 is 1.42 bits per heavy atom. The third-order valence-electron chi connectivity index (χ3n) is 2.44. The molecular formula is C13H13N3O2S. The van der Waals surface area contributed by atoms with E-state index in [0.29, 0.717) is 0 Å². The third kappa shape index (κ3) is 3.96. The molecule has 0 bridgehead atoms. The fourth-order valence-corrected chi connectivity index (χ4v) is 2.29. The molecule has 6 heteroatoms. The topological polar surface area (TPSA) is 68.0 Å². The van der Waals surface area contributed by atoms with Gasteiger partial charge in [-0.3, -0.25) is 0 Å². The maximum absolute atomic E-state index is 10.4. The van der Waals surface area contributed by atoms with Gasteiger partial charge in [-0.2, -0.15) is 0 Å². The number of carboxylic acids is 1. The number of hydrogen-bond acceptors (Lipinski definition) is 4. The van der Waals surface area contributed by atoms with Crippen molar-refractivity contribution in [1.29, 1.82) is 0 Å². The summed E-state index contributed by atoms with van der Waals surface area (Å²) in [5.74, 6) is -0.142. The molecule has 0 fully saturated rings. The molecule has 0 unspecified atom stereocenters. The number of nitrogens with zero attached hydrogens (tertiary/aromatic N) is 3. The highest BCUT2D eigenvalue weighted by atomic mass is 32.2. The summed E-state index contributed by atoms with van der Waals surface area (Å²) in [5, 5.41) is 17.2. The highest BCUT2D eigenvalue weighted by molar-refractivity contribution is 7.98. The molecule has 0 saturated carbocycles. The van der Waals surface area contributed by atoms with Crippen LogP contribution in [0.25, 0.3) is 6.08 Å². The summed E-state index contributed by atoms with van der Waals surface area (Å²) in [5.41, 5.74) is 2.02. The SMILES string of the molecule is Cn1cnnc1SCc1ccc(/C=C/C(=O)O)cc1. The van der Waals surface area contributed by atoms with Crippen LogP contribution in [0.4, 0.5) is 0 Å². The summed E-state index contributed by atoms with van der Waals surface area (Å²) in [7, 11) is 1.90. The van der Waals surface area contributed by atoms with Gasteiger partial charge in [-0.1, -0.05) is 36.0 Å². The van der Waals surface area contributed by atoms with E-state index in [2.05, 4.69) is 10.2 Å². The molecule has 0 radical (unpaired) electrons. The van der Waals surface area contributed by atoms with Crippen LogP contribution in [-0.4, -0.2) is 25.8 Å². The summed E-state index contributed by atoms with van der Waals surface area (Å²) in [6.45, 7) is 0. The lowest BCUT2D eigenvalue weighted by Crippen LogP contribution is -1.90. The van der Waals surface area contributed by atoms with Gasteiger partial charge in [-0.25, -0.2) is 4.79 Å². The second-order valence-electron chi connectivity index (χ2n) is 3.93. The molecule has 1 heterocycles. The first-order valence-corrected chi connectivity index (χ1v) is 6.60. The average molecular weight is 275 g/mol. The van der Waals surface area contributed by atoms with Gasteiger partial charge in [-0.15, -0.1) is 10.2 Å². The molecule has 0 saturated heterocycles. The number of rotatable bonds is 5. The predicted octanol–water partition coefficient (Wildman–Crippen LogP) is 2.21. The van der Waals surface area contributed by atoms with E-state index in [0.717, 1.165) is 28.1 Å². The van der Waals surface area contributed by atoms with Gasteiger partial charge >= 0.3 is 5.97 Å². The van der Waals surface area contributed by atoms with Gasteiger partial charge in [0.2, 0.25) is 0 Å². The van der Waals surface area contributed by atoms with E-state index in [-0.39, 0.29) is 0 Å². The fraction of sp³-hybridized carbons (Fsp3) is 0.154. The van der Waals surface area contributed by atoms with Gasteiger partial charge in [0.15, 0.2) is 5.16 Å². The summed E-state index contributed by atoms with van der Waals surface area (Å²) in [4.78, 5) is 10.4. The van der Waals surface area contributed by atoms with Gasteiger partial charge in [-0.05, 0) is 17.2 Å². The van der Waals surface area contributed by atoms with Gasteiger partial charge in [0.05, 0.1) is 0 Å². The molecule has 0 atom stereocenters. The molecule has 5 nitrogen and oxygen atoms in total. The van der Waals surface area contributed by atoms with Crippen molar-refractivity contribution < 1.29 is 9.90 Å². The number of carboxylic acid groups (broad SMARTS) is 1. The van der Waals surface area contributed by atoms with Crippen molar-refractivity contribution >= 4 is 23.8 Å². The van der Waals surface area contributed by atoms with E-state index in [4.69, 9.17) is 5.11 Å². The number of aryl methyl sites for hydroxylation is 1.